The number of fused-ring (bicyclic) bond motifs is 1. The lowest BCUT2D eigenvalue weighted by Crippen LogP contribution is -2.37. The van der Waals surface area contributed by atoms with Crippen molar-refractivity contribution >= 4 is 11.8 Å². The quantitative estimate of drug-likeness (QED) is 0.816. The lowest BCUT2D eigenvalue weighted by molar-refractivity contribution is -0.136. The Morgan fingerprint density at radius 3 is 2.62 bits per heavy atom. The van der Waals surface area contributed by atoms with Gasteiger partial charge in [-0.3, -0.25) is 9.59 Å². The normalized spacial score (nSPS) is 23.8. The summed E-state index contributed by atoms with van der Waals surface area (Å²) in [7, 11) is 0. The summed E-state index contributed by atoms with van der Waals surface area (Å²) in [6, 6.07) is 0.358. The van der Waals surface area contributed by atoms with Gasteiger partial charge in [0.25, 0.3) is 0 Å². The zero-order valence-electron chi connectivity index (χ0n) is 16.0. The summed E-state index contributed by atoms with van der Waals surface area (Å²) in [6.07, 6.45) is 6.80. The molecule has 1 saturated heterocycles. The average molecular weight is 356 g/mol. The van der Waals surface area contributed by atoms with Crippen LogP contribution in [0, 0.1) is 5.92 Å². The molecule has 2 aliphatic heterocycles. The van der Waals surface area contributed by atoms with Crippen molar-refractivity contribution in [1.29, 1.82) is 0 Å². The molecule has 1 saturated carbocycles. The molecular formula is C20H28N4O2. The van der Waals surface area contributed by atoms with E-state index in [-0.39, 0.29) is 23.1 Å². The highest BCUT2D eigenvalue weighted by Gasteiger charge is 2.41. The Morgan fingerprint density at radius 1 is 1.19 bits per heavy atom. The first-order valence-corrected chi connectivity index (χ1v) is 9.76. The van der Waals surface area contributed by atoms with Crippen molar-refractivity contribution < 1.29 is 9.59 Å². The van der Waals surface area contributed by atoms with Crippen molar-refractivity contribution in [2.24, 2.45) is 5.92 Å². The van der Waals surface area contributed by atoms with Gasteiger partial charge in [0.2, 0.25) is 11.8 Å². The van der Waals surface area contributed by atoms with Crippen LogP contribution in [-0.4, -0.2) is 44.2 Å². The first-order valence-electron chi connectivity index (χ1n) is 9.76. The van der Waals surface area contributed by atoms with E-state index in [1.165, 1.54) is 12.8 Å². The third-order valence-corrected chi connectivity index (χ3v) is 5.91. The Balaban J connectivity index is 1.44. The number of nitrogens with zero attached hydrogens (tertiary/aromatic N) is 4. The predicted octanol–water partition coefficient (Wildman–Crippen LogP) is 2.41. The molecule has 1 aliphatic carbocycles. The van der Waals surface area contributed by atoms with Gasteiger partial charge in [-0.1, -0.05) is 33.6 Å². The van der Waals surface area contributed by atoms with Gasteiger partial charge in [0.1, 0.15) is 5.82 Å². The van der Waals surface area contributed by atoms with Crippen molar-refractivity contribution in [1.82, 2.24) is 19.8 Å². The first kappa shape index (κ1) is 17.4. The fourth-order valence-electron chi connectivity index (χ4n) is 4.39. The summed E-state index contributed by atoms with van der Waals surface area (Å²) >= 11 is 0. The molecule has 0 bridgehead atoms. The van der Waals surface area contributed by atoms with Gasteiger partial charge in [0.05, 0.1) is 18.2 Å². The molecule has 0 unspecified atom stereocenters. The maximum absolute atomic E-state index is 13.0. The molecule has 2 fully saturated rings. The molecular weight excluding hydrogens is 328 g/mol. The third kappa shape index (κ3) is 3.10. The minimum Gasteiger partial charge on any atom is -0.339 e. The van der Waals surface area contributed by atoms with E-state index >= 15 is 0 Å². The van der Waals surface area contributed by atoms with Crippen LogP contribution in [0.2, 0.25) is 0 Å². The molecule has 1 atom stereocenters. The molecule has 26 heavy (non-hydrogen) atoms. The molecule has 1 aromatic rings. The summed E-state index contributed by atoms with van der Waals surface area (Å²) in [5, 5.41) is 0. The maximum atomic E-state index is 13.0. The van der Waals surface area contributed by atoms with Crippen molar-refractivity contribution in [3.63, 3.8) is 0 Å². The van der Waals surface area contributed by atoms with E-state index in [2.05, 4.69) is 25.8 Å². The SMILES string of the molecule is CC(C)(C)c1ncc2c(n1)CN(C(=O)[C@@H]1CC(=O)N(C3CCCC3)C1)C2. The Bertz CT molecular complexity index is 734. The van der Waals surface area contributed by atoms with Gasteiger partial charge >= 0.3 is 0 Å². The van der Waals surface area contributed by atoms with Crippen LogP contribution in [0.5, 0.6) is 0 Å². The van der Waals surface area contributed by atoms with Crippen LogP contribution in [0.25, 0.3) is 0 Å². The number of carbonyl (C=O) groups is 2. The smallest absolute Gasteiger partial charge is 0.228 e. The third-order valence-electron chi connectivity index (χ3n) is 5.91. The number of carbonyl (C=O) groups excluding carboxylic acids is 2. The fraction of sp³-hybridized carbons (Fsp3) is 0.700. The highest BCUT2D eigenvalue weighted by Crippen LogP contribution is 2.32. The van der Waals surface area contributed by atoms with Crippen molar-refractivity contribution in [2.75, 3.05) is 6.54 Å². The van der Waals surface area contributed by atoms with Crippen LogP contribution >= 0.6 is 0 Å². The van der Waals surface area contributed by atoms with E-state index in [0.29, 0.717) is 32.1 Å². The van der Waals surface area contributed by atoms with Crippen LogP contribution in [0.15, 0.2) is 6.20 Å². The molecule has 0 aromatic carbocycles. The van der Waals surface area contributed by atoms with E-state index in [0.717, 1.165) is 29.9 Å². The zero-order chi connectivity index (χ0) is 18.5. The minimum absolute atomic E-state index is 0.0918. The van der Waals surface area contributed by atoms with Gasteiger partial charge in [-0.15, -0.1) is 0 Å². The zero-order valence-corrected chi connectivity index (χ0v) is 16.0. The average Bonchev–Trinajstić information content (AvgIpc) is 3.31. The highest BCUT2D eigenvalue weighted by atomic mass is 16.2. The van der Waals surface area contributed by atoms with Crippen LogP contribution in [0.3, 0.4) is 0 Å². The Kier molecular flexibility index (Phi) is 4.24. The molecule has 1 aromatic heterocycles. The standard InChI is InChI=1S/C20H28N4O2/c1-20(2,3)19-21-9-14-10-23(12-16(14)22-19)18(26)13-8-17(25)24(11-13)15-6-4-5-7-15/h9,13,15H,4-8,10-12H2,1-3H3/t13-/m1/s1. The molecule has 2 amide bonds. The second-order valence-electron chi connectivity index (χ2n) is 9.00. The van der Waals surface area contributed by atoms with Gasteiger partial charge < -0.3 is 9.80 Å². The predicted molar refractivity (Wildman–Crippen MR) is 97.1 cm³/mol. The molecule has 0 spiro atoms. The van der Waals surface area contributed by atoms with Gasteiger partial charge in [-0.05, 0) is 12.8 Å². The second-order valence-corrected chi connectivity index (χ2v) is 9.00. The van der Waals surface area contributed by atoms with E-state index < -0.39 is 0 Å². The first-order chi connectivity index (χ1) is 12.3. The van der Waals surface area contributed by atoms with E-state index in [4.69, 9.17) is 4.98 Å². The van der Waals surface area contributed by atoms with Gasteiger partial charge in [-0.25, -0.2) is 9.97 Å². The van der Waals surface area contributed by atoms with Crippen molar-refractivity contribution in [3.05, 3.63) is 23.3 Å². The minimum atomic E-state index is -0.201. The maximum Gasteiger partial charge on any atom is 0.228 e. The van der Waals surface area contributed by atoms with Gasteiger partial charge in [0.15, 0.2) is 0 Å². The topological polar surface area (TPSA) is 66.4 Å². The van der Waals surface area contributed by atoms with Crippen LogP contribution < -0.4 is 0 Å². The molecule has 6 nitrogen and oxygen atoms in total. The number of hydrogen-bond donors (Lipinski definition) is 0. The molecule has 140 valence electrons. The number of aromatic nitrogens is 2. The largest absolute Gasteiger partial charge is 0.339 e. The summed E-state index contributed by atoms with van der Waals surface area (Å²) in [5.74, 6) is 0.859. The highest BCUT2D eigenvalue weighted by molar-refractivity contribution is 5.89. The summed E-state index contributed by atoms with van der Waals surface area (Å²) in [6.45, 7) is 7.96. The molecule has 4 rings (SSSR count). The number of amides is 2. The fourth-order valence-corrected chi connectivity index (χ4v) is 4.39. The molecule has 6 heteroatoms. The van der Waals surface area contributed by atoms with E-state index in [1.807, 2.05) is 16.0 Å². The Hall–Kier alpha value is -1.98. The lowest BCUT2D eigenvalue weighted by atomic mass is 9.95. The van der Waals surface area contributed by atoms with Gasteiger partial charge in [0, 0.05) is 42.7 Å². The van der Waals surface area contributed by atoms with Crippen molar-refractivity contribution in [2.45, 2.75) is 77.4 Å². The van der Waals surface area contributed by atoms with E-state index in [9.17, 15) is 9.59 Å². The number of hydrogen-bond acceptors (Lipinski definition) is 4. The molecule has 0 radical (unpaired) electrons. The Morgan fingerprint density at radius 2 is 1.92 bits per heavy atom. The monoisotopic (exact) mass is 356 g/mol. The van der Waals surface area contributed by atoms with Crippen LogP contribution in [0.1, 0.15) is 70.0 Å². The number of likely N-dealkylation sites (tertiary alicyclic amines) is 1. The van der Waals surface area contributed by atoms with Crippen LogP contribution in [-0.2, 0) is 28.1 Å². The van der Waals surface area contributed by atoms with Gasteiger partial charge in [-0.2, -0.15) is 0 Å². The molecule has 3 heterocycles. The molecule has 0 N–H and O–H groups in total. The Labute approximate surface area is 155 Å². The molecule has 3 aliphatic rings. The van der Waals surface area contributed by atoms with Crippen molar-refractivity contribution in [3.8, 4) is 0 Å². The number of rotatable bonds is 2. The summed E-state index contributed by atoms with van der Waals surface area (Å²) in [5.41, 5.74) is 1.88. The lowest BCUT2D eigenvalue weighted by Gasteiger charge is -2.25. The summed E-state index contributed by atoms with van der Waals surface area (Å²) in [4.78, 5) is 38.4. The summed E-state index contributed by atoms with van der Waals surface area (Å²) < 4.78 is 0. The van der Waals surface area contributed by atoms with E-state index in [1.54, 1.807) is 0 Å². The van der Waals surface area contributed by atoms with Crippen LogP contribution in [0.4, 0.5) is 0 Å². The second kappa shape index (κ2) is 6.32.